The number of hydrogen-bond acceptors (Lipinski definition) is 4. The average Bonchev–Trinajstić information content (AvgIpc) is 2.96. The minimum absolute atomic E-state index is 0.417. The molecular weight excluding hydrogens is 272 g/mol. The zero-order valence-electron chi connectivity index (χ0n) is 11.4. The summed E-state index contributed by atoms with van der Waals surface area (Å²) in [6.45, 7) is 5.48. The van der Waals surface area contributed by atoms with Gasteiger partial charge in [-0.05, 0) is 37.6 Å². The van der Waals surface area contributed by atoms with Crippen LogP contribution in [0, 0.1) is 0 Å². The molecule has 0 bridgehead atoms. The number of benzene rings is 1. The van der Waals surface area contributed by atoms with E-state index in [0.29, 0.717) is 6.04 Å². The number of hydrogen-bond donors (Lipinski definition) is 1. The molecule has 19 heavy (non-hydrogen) atoms. The van der Waals surface area contributed by atoms with E-state index in [-0.39, 0.29) is 0 Å². The number of thioether (sulfide) groups is 1. The van der Waals surface area contributed by atoms with Crippen LogP contribution in [0.25, 0.3) is 0 Å². The monoisotopic (exact) mass is 292 g/mol. The van der Waals surface area contributed by atoms with Gasteiger partial charge in [0.05, 0.1) is 5.75 Å². The molecule has 0 aliphatic carbocycles. The highest BCUT2D eigenvalue weighted by molar-refractivity contribution is 7.98. The Balaban J connectivity index is 1.94. The number of thiazole rings is 1. The van der Waals surface area contributed by atoms with Gasteiger partial charge in [-0.25, -0.2) is 4.98 Å². The molecule has 1 heterocycles. The lowest BCUT2D eigenvalue weighted by atomic mass is 10.1. The summed E-state index contributed by atoms with van der Waals surface area (Å²) in [5.74, 6) is 0.956. The van der Waals surface area contributed by atoms with E-state index >= 15 is 0 Å². The van der Waals surface area contributed by atoms with Crippen LogP contribution in [0.3, 0.4) is 0 Å². The lowest BCUT2D eigenvalue weighted by Crippen LogP contribution is -2.19. The maximum absolute atomic E-state index is 4.31. The van der Waals surface area contributed by atoms with Gasteiger partial charge < -0.3 is 5.32 Å². The average molecular weight is 292 g/mol. The fourth-order valence-electron chi connectivity index (χ4n) is 1.82. The highest BCUT2D eigenvalue weighted by Gasteiger charge is 2.05. The minimum atomic E-state index is 0.417. The van der Waals surface area contributed by atoms with E-state index in [0.717, 1.165) is 12.3 Å². The van der Waals surface area contributed by atoms with Crippen LogP contribution in [0.2, 0.25) is 0 Å². The first-order chi connectivity index (χ1) is 9.29. The van der Waals surface area contributed by atoms with E-state index in [9.17, 15) is 0 Å². The third-order valence-corrected chi connectivity index (χ3v) is 4.87. The lowest BCUT2D eigenvalue weighted by molar-refractivity contribution is 0.570. The van der Waals surface area contributed by atoms with Crippen LogP contribution >= 0.6 is 23.1 Å². The van der Waals surface area contributed by atoms with Crippen LogP contribution in [0.5, 0.6) is 0 Å². The molecule has 1 aromatic heterocycles. The number of aromatic nitrogens is 1. The van der Waals surface area contributed by atoms with E-state index < -0.39 is 0 Å². The van der Waals surface area contributed by atoms with Crippen LogP contribution < -0.4 is 5.32 Å². The van der Waals surface area contributed by atoms with Crippen molar-refractivity contribution in [2.24, 2.45) is 0 Å². The minimum Gasteiger partial charge on any atom is -0.310 e. The van der Waals surface area contributed by atoms with Crippen molar-refractivity contribution in [1.82, 2.24) is 10.3 Å². The Bertz CT molecular complexity index is 483. The number of nitrogens with one attached hydrogen (secondary N) is 1. The van der Waals surface area contributed by atoms with Gasteiger partial charge in [0.15, 0.2) is 0 Å². The second-order valence-corrected chi connectivity index (χ2v) is 6.49. The Morgan fingerprint density at radius 2 is 2.32 bits per heavy atom. The summed E-state index contributed by atoms with van der Waals surface area (Å²) >= 11 is 3.57. The molecule has 2 aromatic rings. The largest absolute Gasteiger partial charge is 0.310 e. The topological polar surface area (TPSA) is 24.9 Å². The second-order valence-electron chi connectivity index (χ2n) is 4.46. The fourth-order valence-corrected chi connectivity index (χ4v) is 3.43. The van der Waals surface area contributed by atoms with Gasteiger partial charge in [-0.3, -0.25) is 0 Å². The SMILES string of the molecule is CCCNC(C)c1cccc(SCc2nccs2)c1. The first-order valence-electron chi connectivity index (χ1n) is 6.64. The molecule has 1 unspecified atom stereocenters. The predicted molar refractivity (Wildman–Crippen MR) is 84.8 cm³/mol. The molecule has 0 radical (unpaired) electrons. The van der Waals surface area contributed by atoms with Gasteiger partial charge in [-0.15, -0.1) is 23.1 Å². The summed E-state index contributed by atoms with van der Waals surface area (Å²) in [4.78, 5) is 5.63. The maximum atomic E-state index is 4.31. The van der Waals surface area contributed by atoms with Gasteiger partial charge in [-0.2, -0.15) is 0 Å². The van der Waals surface area contributed by atoms with Crippen LogP contribution in [-0.4, -0.2) is 11.5 Å². The van der Waals surface area contributed by atoms with Crippen LogP contribution in [0.15, 0.2) is 40.7 Å². The number of rotatable bonds is 7. The molecule has 0 saturated heterocycles. The molecule has 0 aliphatic heterocycles. The molecule has 0 saturated carbocycles. The smallest absolute Gasteiger partial charge is 0.103 e. The molecule has 0 amide bonds. The summed E-state index contributed by atoms with van der Waals surface area (Å²) in [5.41, 5.74) is 1.36. The zero-order valence-corrected chi connectivity index (χ0v) is 13.1. The first-order valence-corrected chi connectivity index (χ1v) is 8.50. The zero-order chi connectivity index (χ0) is 13.5. The fraction of sp³-hybridized carbons (Fsp3) is 0.400. The first kappa shape index (κ1) is 14.6. The van der Waals surface area contributed by atoms with Crippen molar-refractivity contribution in [3.8, 4) is 0 Å². The van der Waals surface area contributed by atoms with E-state index in [1.165, 1.54) is 21.9 Å². The molecule has 0 fully saturated rings. The van der Waals surface area contributed by atoms with Crippen molar-refractivity contribution in [3.05, 3.63) is 46.4 Å². The van der Waals surface area contributed by atoms with E-state index in [4.69, 9.17) is 0 Å². The van der Waals surface area contributed by atoms with Crippen molar-refractivity contribution < 1.29 is 0 Å². The van der Waals surface area contributed by atoms with Crippen molar-refractivity contribution in [1.29, 1.82) is 0 Å². The Morgan fingerprint density at radius 1 is 1.42 bits per heavy atom. The van der Waals surface area contributed by atoms with E-state index in [1.54, 1.807) is 11.3 Å². The summed E-state index contributed by atoms with van der Waals surface area (Å²) in [5, 5.41) is 6.74. The third kappa shape index (κ3) is 4.64. The van der Waals surface area contributed by atoms with Crippen molar-refractivity contribution >= 4 is 23.1 Å². The van der Waals surface area contributed by atoms with E-state index in [1.807, 2.05) is 23.3 Å². The second kappa shape index (κ2) is 7.68. The molecule has 1 aromatic carbocycles. The Hall–Kier alpha value is -0.840. The highest BCUT2D eigenvalue weighted by atomic mass is 32.2. The van der Waals surface area contributed by atoms with Crippen LogP contribution in [0.4, 0.5) is 0 Å². The van der Waals surface area contributed by atoms with Gasteiger partial charge in [0.2, 0.25) is 0 Å². The Labute approximate surface area is 123 Å². The van der Waals surface area contributed by atoms with Crippen molar-refractivity contribution in [2.75, 3.05) is 6.54 Å². The van der Waals surface area contributed by atoms with Gasteiger partial charge in [0.25, 0.3) is 0 Å². The lowest BCUT2D eigenvalue weighted by Gasteiger charge is -2.14. The molecule has 0 aliphatic rings. The van der Waals surface area contributed by atoms with Gasteiger partial charge >= 0.3 is 0 Å². The molecule has 2 rings (SSSR count). The Morgan fingerprint density at radius 3 is 3.05 bits per heavy atom. The quantitative estimate of drug-likeness (QED) is 0.761. The Kier molecular flexibility index (Phi) is 5.89. The van der Waals surface area contributed by atoms with Crippen LogP contribution in [-0.2, 0) is 5.75 Å². The standard InChI is InChI=1S/C15H20N2S2/c1-3-7-16-12(2)13-5-4-6-14(10-13)19-11-15-17-8-9-18-15/h4-6,8-10,12,16H,3,7,11H2,1-2H3. The molecule has 4 heteroatoms. The molecule has 102 valence electrons. The maximum Gasteiger partial charge on any atom is 0.103 e. The summed E-state index contributed by atoms with van der Waals surface area (Å²) in [6, 6.07) is 9.21. The summed E-state index contributed by atoms with van der Waals surface area (Å²) in [6.07, 6.45) is 3.04. The van der Waals surface area contributed by atoms with Crippen LogP contribution in [0.1, 0.15) is 36.9 Å². The molecule has 1 N–H and O–H groups in total. The summed E-state index contributed by atoms with van der Waals surface area (Å²) in [7, 11) is 0. The van der Waals surface area contributed by atoms with Crippen molar-refractivity contribution in [3.63, 3.8) is 0 Å². The molecule has 0 spiro atoms. The molecule has 2 nitrogen and oxygen atoms in total. The highest BCUT2D eigenvalue weighted by Crippen LogP contribution is 2.26. The normalized spacial score (nSPS) is 12.5. The molecule has 1 atom stereocenters. The van der Waals surface area contributed by atoms with E-state index in [2.05, 4.69) is 48.4 Å². The van der Waals surface area contributed by atoms with Gasteiger partial charge in [0.1, 0.15) is 5.01 Å². The number of nitrogens with zero attached hydrogens (tertiary/aromatic N) is 1. The van der Waals surface area contributed by atoms with Crippen molar-refractivity contribution in [2.45, 2.75) is 37.0 Å². The summed E-state index contributed by atoms with van der Waals surface area (Å²) < 4.78 is 0. The predicted octanol–water partition coefficient (Wildman–Crippen LogP) is 4.50. The third-order valence-electron chi connectivity index (χ3n) is 2.90. The van der Waals surface area contributed by atoms with Gasteiger partial charge in [0, 0.05) is 22.5 Å². The molecular formula is C15H20N2S2. The van der Waals surface area contributed by atoms with Gasteiger partial charge in [-0.1, -0.05) is 19.1 Å².